The molecule has 1 rings (SSSR count). The molecule has 0 bridgehead atoms. The number of ether oxygens (including phenoxy) is 5. The third kappa shape index (κ3) is 12.4. The fraction of sp³-hybridized carbons (Fsp3) is 0.615. The standard InChI is InChI=1S/C26H39NO10/c1-5-7-9-13-33-24(31)36-21-12-11-20(15-22(21)37-25(32)34-14-10-8-6-2)17-26(27,23(29)30)16-18(3)35-19(4)28/h11-12,15,18H,5-10,13-14,16-17,27H2,1-4H3,(H,29,30)/t18-,26?/m0/s1. The van der Waals surface area contributed by atoms with Gasteiger partial charge in [-0.15, -0.1) is 0 Å². The van der Waals surface area contributed by atoms with E-state index in [0.717, 1.165) is 25.7 Å². The van der Waals surface area contributed by atoms with Gasteiger partial charge in [-0.25, -0.2) is 9.59 Å². The first-order chi connectivity index (χ1) is 17.5. The van der Waals surface area contributed by atoms with E-state index < -0.39 is 35.9 Å². The van der Waals surface area contributed by atoms with E-state index >= 15 is 0 Å². The highest BCUT2D eigenvalue weighted by atomic mass is 16.7. The molecule has 1 aromatic carbocycles. The number of carboxylic acids is 1. The number of carbonyl (C=O) groups excluding carboxylic acids is 3. The van der Waals surface area contributed by atoms with Gasteiger partial charge in [-0.2, -0.15) is 0 Å². The molecule has 0 heterocycles. The summed E-state index contributed by atoms with van der Waals surface area (Å²) < 4.78 is 25.6. The number of unbranched alkanes of at least 4 members (excludes halogenated alkanes) is 4. The topological polar surface area (TPSA) is 161 Å². The maximum absolute atomic E-state index is 12.2. The second kappa shape index (κ2) is 16.4. The van der Waals surface area contributed by atoms with Crippen LogP contribution in [0.5, 0.6) is 11.5 Å². The summed E-state index contributed by atoms with van der Waals surface area (Å²) in [5, 5.41) is 9.77. The Morgan fingerprint density at radius 1 is 0.919 bits per heavy atom. The lowest BCUT2D eigenvalue weighted by molar-refractivity contribution is -0.151. The van der Waals surface area contributed by atoms with Gasteiger partial charge in [0.2, 0.25) is 0 Å². The summed E-state index contributed by atoms with van der Waals surface area (Å²) >= 11 is 0. The zero-order valence-electron chi connectivity index (χ0n) is 22.1. The zero-order chi connectivity index (χ0) is 27.8. The molecule has 0 aliphatic rings. The summed E-state index contributed by atoms with van der Waals surface area (Å²) in [7, 11) is 0. The molecule has 0 saturated carbocycles. The van der Waals surface area contributed by atoms with E-state index in [2.05, 4.69) is 0 Å². The van der Waals surface area contributed by atoms with Gasteiger partial charge in [0, 0.05) is 19.8 Å². The van der Waals surface area contributed by atoms with Gasteiger partial charge >= 0.3 is 24.2 Å². The van der Waals surface area contributed by atoms with Crippen LogP contribution in [0.25, 0.3) is 0 Å². The predicted octanol–water partition coefficient (Wildman–Crippen LogP) is 4.76. The first-order valence-electron chi connectivity index (χ1n) is 12.5. The molecule has 0 aliphatic carbocycles. The Balaban J connectivity index is 3.10. The van der Waals surface area contributed by atoms with E-state index in [4.69, 9.17) is 29.4 Å². The van der Waals surface area contributed by atoms with Crippen molar-refractivity contribution in [3.63, 3.8) is 0 Å². The second-order valence-corrected chi connectivity index (χ2v) is 8.86. The molecule has 2 atom stereocenters. The van der Waals surface area contributed by atoms with Crippen molar-refractivity contribution in [2.75, 3.05) is 13.2 Å². The zero-order valence-corrected chi connectivity index (χ0v) is 22.1. The number of aliphatic carboxylic acids is 1. The van der Waals surface area contributed by atoms with E-state index in [1.165, 1.54) is 32.0 Å². The predicted molar refractivity (Wildman–Crippen MR) is 134 cm³/mol. The van der Waals surface area contributed by atoms with Gasteiger partial charge in [0.1, 0.15) is 11.6 Å². The van der Waals surface area contributed by atoms with E-state index in [0.29, 0.717) is 18.4 Å². The molecule has 11 nitrogen and oxygen atoms in total. The summed E-state index contributed by atoms with van der Waals surface area (Å²) in [6.45, 7) is 7.11. The Kier molecular flexibility index (Phi) is 14.1. The summed E-state index contributed by atoms with van der Waals surface area (Å²) in [4.78, 5) is 47.6. The molecule has 0 radical (unpaired) electrons. The van der Waals surface area contributed by atoms with Gasteiger partial charge in [0.05, 0.1) is 13.2 Å². The molecule has 3 N–H and O–H groups in total. The van der Waals surface area contributed by atoms with Crippen molar-refractivity contribution in [3.8, 4) is 11.5 Å². The third-order valence-corrected chi connectivity index (χ3v) is 5.29. The molecule has 37 heavy (non-hydrogen) atoms. The van der Waals surface area contributed by atoms with Crippen LogP contribution >= 0.6 is 0 Å². The smallest absolute Gasteiger partial charge is 0.480 e. The summed E-state index contributed by atoms with van der Waals surface area (Å²) in [5.41, 5.74) is 4.74. The summed E-state index contributed by atoms with van der Waals surface area (Å²) in [6.07, 6.45) is 1.91. The van der Waals surface area contributed by atoms with E-state index in [1.807, 2.05) is 13.8 Å². The number of hydrogen-bond donors (Lipinski definition) is 2. The van der Waals surface area contributed by atoms with Crippen molar-refractivity contribution >= 4 is 24.2 Å². The monoisotopic (exact) mass is 525 g/mol. The van der Waals surface area contributed by atoms with Gasteiger partial charge in [0.25, 0.3) is 0 Å². The van der Waals surface area contributed by atoms with Crippen LogP contribution in [0, 0.1) is 0 Å². The highest BCUT2D eigenvalue weighted by Crippen LogP contribution is 2.31. The number of rotatable bonds is 16. The van der Waals surface area contributed by atoms with Crippen LogP contribution < -0.4 is 15.2 Å². The average Bonchev–Trinajstić information content (AvgIpc) is 2.80. The van der Waals surface area contributed by atoms with Crippen molar-refractivity contribution in [3.05, 3.63) is 23.8 Å². The maximum atomic E-state index is 12.2. The molecule has 0 saturated heterocycles. The van der Waals surface area contributed by atoms with Crippen LogP contribution in [0.2, 0.25) is 0 Å². The second-order valence-electron chi connectivity index (χ2n) is 8.86. The van der Waals surface area contributed by atoms with Gasteiger partial charge in [0.15, 0.2) is 11.5 Å². The minimum absolute atomic E-state index is 0.110. The third-order valence-electron chi connectivity index (χ3n) is 5.29. The molecule has 0 amide bonds. The van der Waals surface area contributed by atoms with Crippen molar-refractivity contribution in [1.29, 1.82) is 0 Å². The van der Waals surface area contributed by atoms with Crippen LogP contribution in [0.1, 0.15) is 78.2 Å². The number of hydrogen-bond acceptors (Lipinski definition) is 10. The number of esters is 1. The Morgan fingerprint density at radius 3 is 1.95 bits per heavy atom. The fourth-order valence-corrected chi connectivity index (χ4v) is 3.52. The van der Waals surface area contributed by atoms with Crippen LogP contribution in [0.3, 0.4) is 0 Å². The van der Waals surface area contributed by atoms with E-state index in [9.17, 15) is 24.3 Å². The lowest BCUT2D eigenvalue weighted by atomic mass is 9.86. The lowest BCUT2D eigenvalue weighted by Crippen LogP contribution is -2.52. The largest absolute Gasteiger partial charge is 0.513 e. The van der Waals surface area contributed by atoms with Crippen LogP contribution in [0.15, 0.2) is 18.2 Å². The molecule has 0 spiro atoms. The van der Waals surface area contributed by atoms with Gasteiger partial charge in [-0.3, -0.25) is 9.59 Å². The molecule has 1 unspecified atom stereocenters. The highest BCUT2D eigenvalue weighted by Gasteiger charge is 2.37. The van der Waals surface area contributed by atoms with Crippen molar-refractivity contribution in [2.24, 2.45) is 5.73 Å². The van der Waals surface area contributed by atoms with Crippen LogP contribution in [-0.2, 0) is 30.2 Å². The molecular formula is C26H39NO10. The highest BCUT2D eigenvalue weighted by molar-refractivity contribution is 5.79. The quantitative estimate of drug-likeness (QED) is 0.132. The van der Waals surface area contributed by atoms with Gasteiger partial charge < -0.3 is 34.5 Å². The molecule has 0 aliphatic heterocycles. The van der Waals surface area contributed by atoms with Crippen molar-refractivity contribution < 1.29 is 48.0 Å². The summed E-state index contributed by atoms with van der Waals surface area (Å²) in [6, 6.07) is 4.17. The molecular weight excluding hydrogens is 486 g/mol. The van der Waals surface area contributed by atoms with E-state index in [-0.39, 0.29) is 37.6 Å². The Hall–Kier alpha value is -3.34. The van der Waals surface area contributed by atoms with Gasteiger partial charge in [-0.05, 0) is 37.5 Å². The minimum Gasteiger partial charge on any atom is -0.480 e. The van der Waals surface area contributed by atoms with Crippen LogP contribution in [-0.4, -0.2) is 54.2 Å². The number of carbonyl (C=O) groups is 4. The Morgan fingerprint density at radius 2 is 1.46 bits per heavy atom. The molecule has 208 valence electrons. The SMILES string of the molecule is CCCCCOC(=O)Oc1ccc(CC(N)(C[C@H](C)OC(C)=O)C(=O)O)cc1OC(=O)OCCCCC. The van der Waals surface area contributed by atoms with Crippen molar-refractivity contribution in [1.82, 2.24) is 0 Å². The first-order valence-corrected chi connectivity index (χ1v) is 12.5. The normalized spacial score (nSPS) is 13.1. The fourth-order valence-electron chi connectivity index (χ4n) is 3.52. The number of nitrogens with two attached hydrogens (primary N) is 1. The number of benzene rings is 1. The Labute approximate surface area is 217 Å². The first kappa shape index (κ1) is 31.7. The van der Waals surface area contributed by atoms with Crippen LogP contribution in [0.4, 0.5) is 9.59 Å². The van der Waals surface area contributed by atoms with Gasteiger partial charge in [-0.1, -0.05) is 45.6 Å². The number of carboxylic acid groups (broad SMARTS) is 1. The van der Waals surface area contributed by atoms with Crippen molar-refractivity contribution in [2.45, 2.75) is 90.7 Å². The summed E-state index contributed by atoms with van der Waals surface area (Å²) in [5.74, 6) is -2.14. The lowest BCUT2D eigenvalue weighted by Gasteiger charge is -2.28. The minimum atomic E-state index is -1.80. The maximum Gasteiger partial charge on any atom is 0.513 e. The van der Waals surface area contributed by atoms with E-state index in [1.54, 1.807) is 0 Å². The average molecular weight is 526 g/mol. The Bertz CT molecular complexity index is 903. The molecule has 0 aromatic heterocycles. The molecule has 1 aromatic rings. The molecule has 11 heteroatoms. The molecule has 0 fully saturated rings.